The second-order valence-electron chi connectivity index (χ2n) is 0.994. The summed E-state index contributed by atoms with van der Waals surface area (Å²) in [6.07, 6.45) is 0. The largest absolute Gasteiger partial charge is 1.00 e. The van der Waals surface area contributed by atoms with Gasteiger partial charge in [0.25, 0.3) is 0 Å². The SMILES string of the molecule is FC(F)(F)SC(F)(F)F.[H-].[Li+]. The van der Waals surface area contributed by atoms with Gasteiger partial charge in [0, 0.05) is 0 Å². The molecule has 0 N–H and O–H groups in total. The summed E-state index contributed by atoms with van der Waals surface area (Å²) in [5.74, 6) is 0. The van der Waals surface area contributed by atoms with Gasteiger partial charge in [-0.2, -0.15) is 26.3 Å². The van der Waals surface area contributed by atoms with Crippen molar-refractivity contribution in [1.29, 1.82) is 0 Å². The molecule has 10 heavy (non-hydrogen) atoms. The van der Waals surface area contributed by atoms with Crippen LogP contribution in [-0.2, 0) is 0 Å². The van der Waals surface area contributed by atoms with E-state index in [-0.39, 0.29) is 20.3 Å². The molecule has 0 aromatic carbocycles. The van der Waals surface area contributed by atoms with E-state index in [2.05, 4.69) is 0 Å². The van der Waals surface area contributed by atoms with Gasteiger partial charge in [-0.25, -0.2) is 0 Å². The van der Waals surface area contributed by atoms with Crippen LogP contribution < -0.4 is 18.9 Å². The first-order chi connectivity index (χ1) is 3.71. The van der Waals surface area contributed by atoms with Gasteiger partial charge in [0.05, 0.1) is 11.8 Å². The number of alkyl halides is 6. The Labute approximate surface area is 70.0 Å². The molecule has 0 aromatic rings. The van der Waals surface area contributed by atoms with Crippen molar-refractivity contribution in [3.05, 3.63) is 0 Å². The van der Waals surface area contributed by atoms with Crippen LogP contribution in [0.1, 0.15) is 1.43 Å². The molecule has 0 radical (unpaired) electrons. The van der Waals surface area contributed by atoms with Gasteiger partial charge >= 0.3 is 29.9 Å². The second kappa shape index (κ2) is 3.79. The van der Waals surface area contributed by atoms with Gasteiger partial charge in [-0.15, -0.1) is 0 Å². The molecule has 0 aromatic heterocycles. The van der Waals surface area contributed by atoms with E-state index in [1.165, 1.54) is 0 Å². The fourth-order valence-electron chi connectivity index (χ4n) is 0.131. The van der Waals surface area contributed by atoms with E-state index in [9.17, 15) is 26.3 Å². The van der Waals surface area contributed by atoms with Gasteiger partial charge in [-0.3, -0.25) is 0 Å². The van der Waals surface area contributed by atoms with E-state index in [0.717, 1.165) is 0 Å². The predicted molar refractivity (Wildman–Crippen MR) is 20.8 cm³/mol. The second-order valence-corrected chi connectivity index (χ2v) is 2.12. The fraction of sp³-hybridized carbons (Fsp3) is 1.00. The van der Waals surface area contributed by atoms with Gasteiger partial charge in [0.1, 0.15) is 0 Å². The first-order valence-corrected chi connectivity index (χ1v) is 2.36. The van der Waals surface area contributed by atoms with Crippen LogP contribution >= 0.6 is 11.8 Å². The van der Waals surface area contributed by atoms with Crippen LogP contribution in [0.15, 0.2) is 0 Å². The Morgan fingerprint density at radius 2 is 1.00 bits per heavy atom. The Kier molecular flexibility index (Phi) is 4.98. The van der Waals surface area contributed by atoms with Crippen LogP contribution in [0.5, 0.6) is 0 Å². The average Bonchev–Trinajstić information content (AvgIpc) is 1.14. The van der Waals surface area contributed by atoms with Crippen molar-refractivity contribution in [3.8, 4) is 0 Å². The normalized spacial score (nSPS) is 12.6. The maximum atomic E-state index is 10.8. The van der Waals surface area contributed by atoms with Gasteiger partial charge < -0.3 is 1.43 Å². The molecular weight excluding hydrogens is 177 g/mol. The third-order valence-electron chi connectivity index (χ3n) is 0.231. The van der Waals surface area contributed by atoms with Gasteiger partial charge in [0.2, 0.25) is 0 Å². The van der Waals surface area contributed by atoms with E-state index in [0.29, 0.717) is 0 Å². The molecule has 58 valence electrons. The molecule has 0 aliphatic carbocycles. The Bertz CT molecular complexity index is 85.7. The fourth-order valence-corrected chi connectivity index (χ4v) is 0.394. The summed E-state index contributed by atoms with van der Waals surface area (Å²) in [4.78, 5) is 0. The molecule has 0 amide bonds. The van der Waals surface area contributed by atoms with Crippen molar-refractivity contribution in [2.24, 2.45) is 0 Å². The summed E-state index contributed by atoms with van der Waals surface area (Å²) in [6.45, 7) is 0. The third kappa shape index (κ3) is 11.3. The van der Waals surface area contributed by atoms with E-state index in [1.54, 1.807) is 0 Å². The molecule has 0 nitrogen and oxygen atoms in total. The minimum absolute atomic E-state index is 0. The molecule has 0 heterocycles. The molecule has 0 saturated heterocycles. The Hall–Kier alpha value is 0.527. The van der Waals surface area contributed by atoms with E-state index < -0.39 is 22.8 Å². The summed E-state index contributed by atoms with van der Waals surface area (Å²) >= 11 is -1.99. The quantitative estimate of drug-likeness (QED) is 0.368. The van der Waals surface area contributed by atoms with Crippen molar-refractivity contribution in [3.63, 3.8) is 0 Å². The summed E-state index contributed by atoms with van der Waals surface area (Å²) in [5.41, 5.74) is -10.4. The predicted octanol–water partition coefficient (Wildman–Crippen LogP) is -0.124. The molecule has 0 saturated carbocycles. The topological polar surface area (TPSA) is 0 Å². The molecule has 0 rings (SSSR count). The Balaban J connectivity index is -0.000000320. The van der Waals surface area contributed by atoms with Gasteiger partial charge in [0.15, 0.2) is 0 Å². The van der Waals surface area contributed by atoms with Gasteiger partial charge in [-0.1, -0.05) is 0 Å². The Morgan fingerprint density at radius 1 is 0.800 bits per heavy atom. The standard InChI is InChI=1S/C2F6S.Li.H/c3-1(4,5)9-2(6,7)8;;/q;+1;-1. The van der Waals surface area contributed by atoms with Crippen LogP contribution in [0.25, 0.3) is 0 Å². The van der Waals surface area contributed by atoms with Crippen LogP contribution in [0, 0.1) is 0 Å². The summed E-state index contributed by atoms with van der Waals surface area (Å²) < 4.78 is 64.8. The van der Waals surface area contributed by atoms with E-state index >= 15 is 0 Å². The summed E-state index contributed by atoms with van der Waals surface area (Å²) in [6, 6.07) is 0. The summed E-state index contributed by atoms with van der Waals surface area (Å²) in [7, 11) is 0. The third-order valence-corrected chi connectivity index (χ3v) is 0.694. The van der Waals surface area contributed by atoms with Crippen LogP contribution in [0.4, 0.5) is 26.3 Å². The molecule has 0 aliphatic rings. The van der Waals surface area contributed by atoms with Crippen molar-refractivity contribution < 1.29 is 46.6 Å². The number of hydrogen-bond donors (Lipinski definition) is 0. The average molecular weight is 178 g/mol. The van der Waals surface area contributed by atoms with Crippen molar-refractivity contribution in [2.45, 2.75) is 11.0 Å². The molecular formula is C2HF6LiS. The summed E-state index contributed by atoms with van der Waals surface area (Å²) in [5, 5.41) is 0. The molecule has 0 unspecified atom stereocenters. The number of hydrogen-bond acceptors (Lipinski definition) is 1. The zero-order valence-electron chi connectivity index (χ0n) is 5.68. The van der Waals surface area contributed by atoms with Crippen LogP contribution in [-0.4, -0.2) is 11.0 Å². The first kappa shape index (κ1) is 13.1. The smallest absolute Gasteiger partial charge is 1.00 e. The molecule has 8 heteroatoms. The molecule has 0 fully saturated rings. The first-order valence-electron chi connectivity index (χ1n) is 1.54. The molecule has 0 atom stereocenters. The molecule has 0 bridgehead atoms. The molecule has 0 spiro atoms. The van der Waals surface area contributed by atoms with Gasteiger partial charge in [-0.05, 0) is 0 Å². The van der Waals surface area contributed by atoms with Crippen LogP contribution in [0.3, 0.4) is 0 Å². The number of halogens is 6. The maximum Gasteiger partial charge on any atom is 1.00 e. The maximum absolute atomic E-state index is 10.8. The Morgan fingerprint density at radius 3 is 1.00 bits per heavy atom. The van der Waals surface area contributed by atoms with E-state index in [4.69, 9.17) is 0 Å². The monoisotopic (exact) mass is 178 g/mol. The zero-order valence-corrected chi connectivity index (χ0v) is 5.49. The number of thioether (sulfide) groups is 1. The minimum atomic E-state index is -5.22. The molecule has 0 aliphatic heterocycles. The van der Waals surface area contributed by atoms with Crippen molar-refractivity contribution in [1.82, 2.24) is 0 Å². The zero-order chi connectivity index (χ0) is 7.71. The van der Waals surface area contributed by atoms with Crippen molar-refractivity contribution >= 4 is 11.8 Å². The van der Waals surface area contributed by atoms with Crippen LogP contribution in [0.2, 0.25) is 0 Å². The van der Waals surface area contributed by atoms with Crippen molar-refractivity contribution in [2.75, 3.05) is 0 Å². The number of rotatable bonds is 0. The minimum Gasteiger partial charge on any atom is -1.00 e. The van der Waals surface area contributed by atoms with E-state index in [1.807, 2.05) is 0 Å².